The van der Waals surface area contributed by atoms with Gasteiger partial charge in [0, 0.05) is 16.6 Å². The van der Waals surface area contributed by atoms with E-state index in [2.05, 4.69) is 5.32 Å². The first-order chi connectivity index (χ1) is 13.5. The van der Waals surface area contributed by atoms with Gasteiger partial charge in [-0.25, -0.2) is 0 Å². The quantitative estimate of drug-likeness (QED) is 0.764. The number of carbonyl (C=O) groups excluding carboxylic acids is 3. The number of nitrogens with one attached hydrogen (secondary N) is 1. The molecule has 144 valence electrons. The summed E-state index contributed by atoms with van der Waals surface area (Å²) in [6.45, 7) is 0.0871. The van der Waals surface area contributed by atoms with Crippen molar-refractivity contribution in [2.75, 3.05) is 5.32 Å². The van der Waals surface area contributed by atoms with E-state index >= 15 is 0 Å². The number of anilines is 1. The summed E-state index contributed by atoms with van der Waals surface area (Å²) < 4.78 is 0. The van der Waals surface area contributed by atoms with Crippen LogP contribution in [-0.2, 0) is 11.3 Å². The summed E-state index contributed by atoms with van der Waals surface area (Å²) in [4.78, 5) is 39.2. The molecule has 1 heterocycles. The Kier molecular flexibility index (Phi) is 5.18. The Bertz CT molecular complexity index is 916. The van der Waals surface area contributed by atoms with Crippen LogP contribution in [-0.4, -0.2) is 22.6 Å². The normalized spacial score (nSPS) is 17.0. The van der Waals surface area contributed by atoms with Gasteiger partial charge in [-0.1, -0.05) is 49.1 Å². The molecule has 3 amide bonds. The molecule has 5 nitrogen and oxygen atoms in total. The van der Waals surface area contributed by atoms with Crippen LogP contribution >= 0.6 is 11.6 Å². The van der Waals surface area contributed by atoms with E-state index in [1.165, 1.54) is 11.3 Å². The van der Waals surface area contributed by atoms with E-state index in [0.717, 1.165) is 25.7 Å². The van der Waals surface area contributed by atoms with Crippen LogP contribution in [0.5, 0.6) is 0 Å². The molecule has 0 aromatic heterocycles. The SMILES string of the molecule is O=C(Nc1cc(Cl)ccc1CN1C(=O)c2ccccc2C1=O)C1CCCCC1. The van der Waals surface area contributed by atoms with Crippen LogP contribution in [0.1, 0.15) is 58.4 Å². The fraction of sp³-hybridized carbons (Fsp3) is 0.318. The monoisotopic (exact) mass is 396 g/mol. The molecule has 2 aromatic rings. The number of nitrogens with zero attached hydrogens (tertiary/aromatic N) is 1. The number of imide groups is 1. The largest absolute Gasteiger partial charge is 0.325 e. The van der Waals surface area contributed by atoms with E-state index in [9.17, 15) is 14.4 Å². The molecule has 4 rings (SSSR count). The Balaban J connectivity index is 1.56. The Morgan fingerprint density at radius 3 is 2.29 bits per heavy atom. The van der Waals surface area contributed by atoms with Crippen LogP contribution in [0.15, 0.2) is 42.5 Å². The number of amides is 3. The molecule has 2 aliphatic rings. The van der Waals surface area contributed by atoms with Gasteiger partial charge in [-0.15, -0.1) is 0 Å². The van der Waals surface area contributed by atoms with E-state index in [1.807, 2.05) is 0 Å². The second-order valence-electron chi connectivity index (χ2n) is 7.37. The van der Waals surface area contributed by atoms with Gasteiger partial charge in [0.15, 0.2) is 0 Å². The van der Waals surface area contributed by atoms with Crippen LogP contribution in [0.2, 0.25) is 5.02 Å². The average Bonchev–Trinajstić information content (AvgIpc) is 2.95. The molecular formula is C22H21ClN2O3. The second-order valence-corrected chi connectivity index (χ2v) is 7.80. The molecule has 1 fully saturated rings. The van der Waals surface area contributed by atoms with Crippen molar-refractivity contribution in [2.45, 2.75) is 38.6 Å². The van der Waals surface area contributed by atoms with Gasteiger partial charge < -0.3 is 5.32 Å². The number of halogens is 1. The molecule has 1 saturated carbocycles. The molecule has 0 bridgehead atoms. The maximum Gasteiger partial charge on any atom is 0.261 e. The zero-order valence-corrected chi connectivity index (χ0v) is 16.2. The van der Waals surface area contributed by atoms with Gasteiger partial charge in [-0.3, -0.25) is 19.3 Å². The van der Waals surface area contributed by atoms with Crippen LogP contribution in [0.25, 0.3) is 0 Å². The maximum atomic E-state index is 12.7. The molecule has 0 radical (unpaired) electrons. The molecule has 2 aromatic carbocycles. The first-order valence-corrected chi connectivity index (χ1v) is 9.97. The highest BCUT2D eigenvalue weighted by Gasteiger charge is 2.35. The molecule has 6 heteroatoms. The van der Waals surface area contributed by atoms with Crippen LogP contribution in [0.3, 0.4) is 0 Å². The molecule has 0 spiro atoms. The number of carbonyl (C=O) groups is 3. The highest BCUT2D eigenvalue weighted by molar-refractivity contribution is 6.31. The standard InChI is InChI=1S/C22H21ClN2O3/c23-16-11-10-15(19(12-16)24-20(26)14-6-2-1-3-7-14)13-25-21(27)17-8-4-5-9-18(17)22(25)28/h4-5,8-12,14H,1-3,6-7,13H2,(H,24,26). The van der Waals surface area contributed by atoms with Crippen molar-refractivity contribution in [3.63, 3.8) is 0 Å². The maximum absolute atomic E-state index is 12.7. The van der Waals surface area contributed by atoms with E-state index in [4.69, 9.17) is 11.6 Å². The van der Waals surface area contributed by atoms with Crippen LogP contribution < -0.4 is 5.32 Å². The van der Waals surface area contributed by atoms with Gasteiger partial charge in [0.05, 0.1) is 17.7 Å². The molecule has 1 aliphatic carbocycles. The highest BCUT2D eigenvalue weighted by Crippen LogP contribution is 2.30. The van der Waals surface area contributed by atoms with E-state index in [1.54, 1.807) is 42.5 Å². The van der Waals surface area contributed by atoms with Crippen molar-refractivity contribution in [1.82, 2.24) is 4.90 Å². The summed E-state index contributed by atoms with van der Waals surface area (Å²) in [5, 5.41) is 3.46. The lowest BCUT2D eigenvalue weighted by molar-refractivity contribution is -0.120. The van der Waals surface area contributed by atoms with E-state index < -0.39 is 0 Å². The fourth-order valence-electron chi connectivity index (χ4n) is 3.96. The molecule has 0 unspecified atom stereocenters. The second kappa shape index (κ2) is 7.76. The minimum Gasteiger partial charge on any atom is -0.325 e. The number of hydrogen-bond acceptors (Lipinski definition) is 3. The summed E-state index contributed by atoms with van der Waals surface area (Å²) in [7, 11) is 0. The minimum atomic E-state index is -0.319. The van der Waals surface area contributed by atoms with Crippen LogP contribution in [0.4, 0.5) is 5.69 Å². The van der Waals surface area contributed by atoms with Gasteiger partial charge in [0.2, 0.25) is 5.91 Å². The Hall–Kier alpha value is -2.66. The first-order valence-electron chi connectivity index (χ1n) is 9.59. The molecule has 0 atom stereocenters. The summed E-state index contributed by atoms with van der Waals surface area (Å²) in [5.74, 6) is -0.661. The van der Waals surface area contributed by atoms with E-state index in [0.29, 0.717) is 27.4 Å². The highest BCUT2D eigenvalue weighted by atomic mass is 35.5. The predicted octanol–water partition coefficient (Wildman–Crippen LogP) is 4.66. The van der Waals surface area contributed by atoms with Crippen molar-refractivity contribution in [3.05, 3.63) is 64.2 Å². The van der Waals surface area contributed by atoms with Gasteiger partial charge in [-0.05, 0) is 42.7 Å². The zero-order chi connectivity index (χ0) is 19.7. The van der Waals surface area contributed by atoms with Crippen molar-refractivity contribution < 1.29 is 14.4 Å². The zero-order valence-electron chi connectivity index (χ0n) is 15.4. The number of hydrogen-bond donors (Lipinski definition) is 1. The number of rotatable bonds is 4. The lowest BCUT2D eigenvalue weighted by Gasteiger charge is -2.22. The number of benzene rings is 2. The predicted molar refractivity (Wildman–Crippen MR) is 107 cm³/mol. The Morgan fingerprint density at radius 1 is 1.00 bits per heavy atom. The Labute approximate surface area is 168 Å². The lowest BCUT2D eigenvalue weighted by atomic mass is 9.88. The third-order valence-corrected chi connectivity index (χ3v) is 5.75. The summed E-state index contributed by atoms with van der Waals surface area (Å²) in [6, 6.07) is 11.9. The molecule has 1 aliphatic heterocycles. The number of fused-ring (bicyclic) bond motifs is 1. The van der Waals surface area contributed by atoms with Crippen molar-refractivity contribution >= 4 is 35.0 Å². The Morgan fingerprint density at radius 2 is 1.64 bits per heavy atom. The molecule has 1 N–H and O–H groups in total. The smallest absolute Gasteiger partial charge is 0.261 e. The summed E-state index contributed by atoms with van der Waals surface area (Å²) in [6.07, 6.45) is 5.08. The average molecular weight is 397 g/mol. The van der Waals surface area contributed by atoms with Crippen molar-refractivity contribution in [3.8, 4) is 0 Å². The van der Waals surface area contributed by atoms with E-state index in [-0.39, 0.29) is 30.2 Å². The molecule has 28 heavy (non-hydrogen) atoms. The third kappa shape index (κ3) is 3.54. The van der Waals surface area contributed by atoms with Gasteiger partial charge in [-0.2, -0.15) is 0 Å². The molecular weight excluding hydrogens is 376 g/mol. The minimum absolute atomic E-state index is 0.000105. The summed E-state index contributed by atoms with van der Waals surface area (Å²) in [5.41, 5.74) is 2.06. The van der Waals surface area contributed by atoms with Crippen molar-refractivity contribution in [1.29, 1.82) is 0 Å². The van der Waals surface area contributed by atoms with Gasteiger partial charge in [0.1, 0.15) is 0 Å². The third-order valence-electron chi connectivity index (χ3n) is 5.51. The van der Waals surface area contributed by atoms with Crippen molar-refractivity contribution in [2.24, 2.45) is 5.92 Å². The van der Waals surface area contributed by atoms with Crippen LogP contribution in [0, 0.1) is 5.92 Å². The lowest BCUT2D eigenvalue weighted by Crippen LogP contribution is -2.30. The fourth-order valence-corrected chi connectivity index (χ4v) is 4.13. The topological polar surface area (TPSA) is 66.5 Å². The molecule has 0 saturated heterocycles. The van der Waals surface area contributed by atoms with Gasteiger partial charge >= 0.3 is 0 Å². The van der Waals surface area contributed by atoms with Gasteiger partial charge in [0.25, 0.3) is 11.8 Å². The summed E-state index contributed by atoms with van der Waals surface area (Å²) >= 11 is 6.13. The first kappa shape index (κ1) is 18.7.